The van der Waals surface area contributed by atoms with Crippen LogP contribution in [0.1, 0.15) is 49.2 Å². The lowest BCUT2D eigenvalue weighted by Gasteiger charge is -2.18. The fourth-order valence-electron chi connectivity index (χ4n) is 3.14. The highest BCUT2D eigenvalue weighted by molar-refractivity contribution is 5.20. The average Bonchev–Trinajstić information content (AvgIpc) is 3.09. The van der Waals surface area contributed by atoms with Crippen LogP contribution in [0.5, 0.6) is 0 Å². The Bertz CT molecular complexity index is 568. The number of hydrogen-bond acceptors (Lipinski definition) is 3. The second kappa shape index (κ2) is 5.40. The van der Waals surface area contributed by atoms with E-state index in [9.17, 15) is 0 Å². The Hall–Kier alpha value is -1.62. The molecule has 5 nitrogen and oxygen atoms in total. The van der Waals surface area contributed by atoms with E-state index in [0.29, 0.717) is 12.0 Å². The van der Waals surface area contributed by atoms with Crippen LogP contribution >= 0.6 is 0 Å². The van der Waals surface area contributed by atoms with Gasteiger partial charge in [-0.05, 0) is 45.4 Å². The number of hydrogen-bond donors (Lipinski definition) is 1. The summed E-state index contributed by atoms with van der Waals surface area (Å²) < 4.78 is 2.12. The third kappa shape index (κ3) is 2.50. The van der Waals surface area contributed by atoms with Crippen molar-refractivity contribution in [2.45, 2.75) is 45.7 Å². The Labute approximate surface area is 120 Å². The molecule has 1 atom stereocenters. The lowest BCUT2D eigenvalue weighted by Crippen LogP contribution is -2.22. The van der Waals surface area contributed by atoms with Crippen molar-refractivity contribution >= 4 is 0 Å². The number of aryl methyl sites for hydroxylation is 1. The molecule has 3 rings (SSSR count). The van der Waals surface area contributed by atoms with Gasteiger partial charge in [-0.3, -0.25) is 14.7 Å². The molecule has 1 saturated heterocycles. The summed E-state index contributed by atoms with van der Waals surface area (Å²) >= 11 is 0. The van der Waals surface area contributed by atoms with Crippen molar-refractivity contribution in [1.82, 2.24) is 24.9 Å². The van der Waals surface area contributed by atoms with Crippen LogP contribution in [0.15, 0.2) is 18.5 Å². The Morgan fingerprint density at radius 1 is 1.45 bits per heavy atom. The number of nitrogens with zero attached hydrogens (tertiary/aromatic N) is 4. The van der Waals surface area contributed by atoms with Crippen LogP contribution in [0.4, 0.5) is 0 Å². The minimum Gasteiger partial charge on any atom is -0.297 e. The predicted molar refractivity (Wildman–Crippen MR) is 78.6 cm³/mol. The first-order valence-corrected chi connectivity index (χ1v) is 7.39. The molecular formula is C15H23N5. The fourth-order valence-corrected chi connectivity index (χ4v) is 3.14. The molecule has 0 saturated carbocycles. The van der Waals surface area contributed by atoms with Crippen molar-refractivity contribution in [2.75, 3.05) is 13.1 Å². The second-order valence-electron chi connectivity index (χ2n) is 6.05. The molecule has 2 aromatic heterocycles. The summed E-state index contributed by atoms with van der Waals surface area (Å²) in [7, 11) is 0. The molecule has 1 unspecified atom stereocenters. The Morgan fingerprint density at radius 3 is 3.00 bits per heavy atom. The molecule has 1 aliphatic heterocycles. The van der Waals surface area contributed by atoms with Gasteiger partial charge in [0.2, 0.25) is 0 Å². The molecule has 3 heterocycles. The normalized spacial score (nSPS) is 20.1. The maximum Gasteiger partial charge on any atom is 0.0527 e. The molecule has 0 aromatic carbocycles. The van der Waals surface area contributed by atoms with Crippen LogP contribution in [0, 0.1) is 6.92 Å². The van der Waals surface area contributed by atoms with E-state index >= 15 is 0 Å². The molecular weight excluding hydrogens is 250 g/mol. The number of aromatic nitrogens is 4. The lowest BCUT2D eigenvalue weighted by atomic mass is 10.0. The van der Waals surface area contributed by atoms with Gasteiger partial charge in [0.15, 0.2) is 0 Å². The smallest absolute Gasteiger partial charge is 0.0527 e. The fraction of sp³-hybridized carbons (Fsp3) is 0.600. The summed E-state index contributed by atoms with van der Waals surface area (Å²) in [6.45, 7) is 9.73. The number of nitrogens with one attached hydrogen (secondary N) is 1. The standard InChI is InChI=1S/C15H23N5/c1-11(2)20-14(4-6-17-20)10-19-7-5-13(9-19)15-12(3)8-16-18-15/h4,6,8,11,13H,5,7,9-10H2,1-3H3,(H,16,18). The molecule has 2 aromatic rings. The number of aromatic amines is 1. The molecule has 1 fully saturated rings. The highest BCUT2D eigenvalue weighted by Gasteiger charge is 2.26. The Kier molecular flexibility index (Phi) is 3.61. The molecule has 0 aliphatic carbocycles. The molecule has 0 amide bonds. The molecule has 1 aliphatic rings. The van der Waals surface area contributed by atoms with E-state index in [2.05, 4.69) is 51.7 Å². The molecule has 0 spiro atoms. The third-order valence-electron chi connectivity index (χ3n) is 4.18. The lowest BCUT2D eigenvalue weighted by molar-refractivity contribution is 0.309. The first kappa shape index (κ1) is 13.4. The van der Waals surface area contributed by atoms with Gasteiger partial charge in [0, 0.05) is 36.9 Å². The molecule has 0 radical (unpaired) electrons. The number of rotatable bonds is 4. The SMILES string of the molecule is Cc1cn[nH]c1C1CCN(Cc2ccnn2C(C)C)C1. The monoisotopic (exact) mass is 273 g/mol. The third-order valence-corrected chi connectivity index (χ3v) is 4.18. The zero-order valence-electron chi connectivity index (χ0n) is 12.5. The maximum absolute atomic E-state index is 4.41. The van der Waals surface area contributed by atoms with Crippen molar-refractivity contribution in [1.29, 1.82) is 0 Å². The number of H-pyrrole nitrogens is 1. The van der Waals surface area contributed by atoms with Crippen molar-refractivity contribution in [3.63, 3.8) is 0 Å². The van der Waals surface area contributed by atoms with E-state index in [1.807, 2.05) is 12.4 Å². The largest absolute Gasteiger partial charge is 0.297 e. The van der Waals surface area contributed by atoms with E-state index in [0.717, 1.165) is 19.6 Å². The van der Waals surface area contributed by atoms with E-state index < -0.39 is 0 Å². The van der Waals surface area contributed by atoms with Crippen LogP contribution in [-0.4, -0.2) is 38.0 Å². The summed E-state index contributed by atoms with van der Waals surface area (Å²) in [5.74, 6) is 0.591. The summed E-state index contributed by atoms with van der Waals surface area (Å²) in [5.41, 5.74) is 3.90. The Balaban J connectivity index is 1.66. The first-order valence-electron chi connectivity index (χ1n) is 7.39. The van der Waals surface area contributed by atoms with E-state index in [1.165, 1.54) is 23.4 Å². The highest BCUT2D eigenvalue weighted by Crippen LogP contribution is 2.28. The van der Waals surface area contributed by atoms with Crippen LogP contribution < -0.4 is 0 Å². The molecule has 1 N–H and O–H groups in total. The predicted octanol–water partition coefficient (Wildman–Crippen LogP) is 2.49. The van der Waals surface area contributed by atoms with Crippen LogP contribution in [-0.2, 0) is 6.54 Å². The number of likely N-dealkylation sites (tertiary alicyclic amines) is 1. The molecule has 20 heavy (non-hydrogen) atoms. The van der Waals surface area contributed by atoms with Crippen molar-refractivity contribution in [3.05, 3.63) is 35.4 Å². The van der Waals surface area contributed by atoms with Gasteiger partial charge in [-0.2, -0.15) is 10.2 Å². The second-order valence-corrected chi connectivity index (χ2v) is 6.05. The summed E-state index contributed by atoms with van der Waals surface area (Å²) in [6.07, 6.45) is 5.03. The minimum absolute atomic E-state index is 0.424. The highest BCUT2D eigenvalue weighted by atomic mass is 15.3. The van der Waals surface area contributed by atoms with Gasteiger partial charge in [0.25, 0.3) is 0 Å². The molecule has 108 valence electrons. The molecule has 5 heteroatoms. The van der Waals surface area contributed by atoms with Gasteiger partial charge in [0.05, 0.1) is 11.9 Å². The van der Waals surface area contributed by atoms with Gasteiger partial charge in [-0.25, -0.2) is 0 Å². The van der Waals surface area contributed by atoms with E-state index in [1.54, 1.807) is 0 Å². The molecule has 0 bridgehead atoms. The summed E-state index contributed by atoms with van der Waals surface area (Å²) in [6, 6.07) is 2.56. The average molecular weight is 273 g/mol. The van der Waals surface area contributed by atoms with Crippen molar-refractivity contribution in [2.24, 2.45) is 0 Å². The summed E-state index contributed by atoms with van der Waals surface area (Å²) in [5, 5.41) is 11.7. The van der Waals surface area contributed by atoms with Crippen LogP contribution in [0.2, 0.25) is 0 Å². The minimum atomic E-state index is 0.424. The van der Waals surface area contributed by atoms with Crippen LogP contribution in [0.25, 0.3) is 0 Å². The zero-order chi connectivity index (χ0) is 14.1. The quantitative estimate of drug-likeness (QED) is 0.931. The van der Waals surface area contributed by atoms with Gasteiger partial charge < -0.3 is 0 Å². The Morgan fingerprint density at radius 2 is 2.30 bits per heavy atom. The summed E-state index contributed by atoms with van der Waals surface area (Å²) in [4.78, 5) is 2.51. The van der Waals surface area contributed by atoms with Crippen molar-refractivity contribution < 1.29 is 0 Å². The van der Waals surface area contributed by atoms with E-state index in [4.69, 9.17) is 0 Å². The van der Waals surface area contributed by atoms with Crippen LogP contribution in [0.3, 0.4) is 0 Å². The van der Waals surface area contributed by atoms with Gasteiger partial charge >= 0.3 is 0 Å². The topological polar surface area (TPSA) is 49.7 Å². The van der Waals surface area contributed by atoms with Crippen molar-refractivity contribution in [3.8, 4) is 0 Å². The zero-order valence-corrected chi connectivity index (χ0v) is 12.5. The van der Waals surface area contributed by atoms with Gasteiger partial charge in [0.1, 0.15) is 0 Å². The van der Waals surface area contributed by atoms with E-state index in [-0.39, 0.29) is 0 Å². The first-order chi connectivity index (χ1) is 9.65. The van der Waals surface area contributed by atoms with Gasteiger partial charge in [-0.15, -0.1) is 0 Å². The van der Waals surface area contributed by atoms with Gasteiger partial charge in [-0.1, -0.05) is 0 Å². The maximum atomic E-state index is 4.41.